The summed E-state index contributed by atoms with van der Waals surface area (Å²) in [6, 6.07) is 7.44. The molecule has 0 aliphatic carbocycles. The first kappa shape index (κ1) is 13.3. The molecule has 0 unspecified atom stereocenters. The molecule has 19 heavy (non-hydrogen) atoms. The average Bonchev–Trinajstić information content (AvgIpc) is 2.78. The minimum absolute atomic E-state index is 0.262. The summed E-state index contributed by atoms with van der Waals surface area (Å²) in [5.74, 6) is -1.98. The van der Waals surface area contributed by atoms with Crippen molar-refractivity contribution in [1.29, 1.82) is 0 Å². The van der Waals surface area contributed by atoms with Crippen LogP contribution in [0, 0.1) is 6.92 Å². The first-order valence-electron chi connectivity index (χ1n) is 5.43. The molecule has 0 aliphatic rings. The van der Waals surface area contributed by atoms with E-state index in [0.717, 1.165) is 17.3 Å². The van der Waals surface area contributed by atoms with E-state index in [1.165, 1.54) is 4.68 Å². The zero-order valence-corrected chi connectivity index (χ0v) is 9.98. The van der Waals surface area contributed by atoms with E-state index in [4.69, 9.17) is 0 Å². The molecule has 2 rings (SSSR count). The summed E-state index contributed by atoms with van der Waals surface area (Å²) in [6.45, 7) is 2.19. The first-order chi connectivity index (χ1) is 8.86. The number of aromatic nitrogens is 3. The number of carbonyl (C=O) groups excluding carboxylic acids is 1. The van der Waals surface area contributed by atoms with Crippen molar-refractivity contribution in [2.24, 2.45) is 0 Å². The van der Waals surface area contributed by atoms with Gasteiger partial charge in [0.05, 0.1) is 12.7 Å². The summed E-state index contributed by atoms with van der Waals surface area (Å²) in [7, 11) is 0. The van der Waals surface area contributed by atoms with Gasteiger partial charge in [-0.25, -0.2) is 4.68 Å². The molecule has 0 saturated heterocycles. The Balaban J connectivity index is 2.14. The summed E-state index contributed by atoms with van der Waals surface area (Å²) < 4.78 is 37.8. The number of ketones is 1. The molecule has 2 aromatic rings. The summed E-state index contributed by atoms with van der Waals surface area (Å²) >= 11 is 0. The number of hydrogen-bond donors (Lipinski definition) is 0. The van der Waals surface area contributed by atoms with E-state index in [-0.39, 0.29) is 6.54 Å². The molecule has 1 heterocycles. The highest BCUT2D eigenvalue weighted by atomic mass is 19.4. The fourth-order valence-electron chi connectivity index (χ4n) is 1.51. The molecule has 100 valence electrons. The number of rotatable bonds is 3. The molecule has 0 spiro atoms. The molecule has 0 bridgehead atoms. The Morgan fingerprint density at radius 2 is 1.89 bits per heavy atom. The van der Waals surface area contributed by atoms with Gasteiger partial charge in [0.2, 0.25) is 0 Å². The second-order valence-electron chi connectivity index (χ2n) is 4.11. The van der Waals surface area contributed by atoms with Crippen molar-refractivity contribution < 1.29 is 18.0 Å². The maximum absolute atomic E-state index is 12.2. The molecule has 0 saturated carbocycles. The maximum atomic E-state index is 12.2. The summed E-state index contributed by atoms with van der Waals surface area (Å²) in [5, 5.41) is 6.75. The number of halogens is 3. The molecule has 1 aromatic carbocycles. The van der Waals surface area contributed by atoms with Crippen molar-refractivity contribution in [2.75, 3.05) is 0 Å². The molecular weight excluding hydrogens is 259 g/mol. The van der Waals surface area contributed by atoms with Gasteiger partial charge in [0, 0.05) is 0 Å². The molecule has 0 fully saturated rings. The van der Waals surface area contributed by atoms with Crippen LogP contribution in [0.4, 0.5) is 13.2 Å². The molecule has 0 atom stereocenters. The monoisotopic (exact) mass is 269 g/mol. The van der Waals surface area contributed by atoms with E-state index in [9.17, 15) is 18.0 Å². The predicted octanol–water partition coefficient (Wildman–Crippen LogP) is 2.38. The minimum atomic E-state index is -4.93. The fraction of sp³-hybridized carbons (Fsp3) is 0.250. The van der Waals surface area contributed by atoms with Gasteiger partial charge in [0.15, 0.2) is 5.69 Å². The van der Waals surface area contributed by atoms with Gasteiger partial charge in [0.1, 0.15) is 0 Å². The van der Waals surface area contributed by atoms with Crippen molar-refractivity contribution in [3.05, 3.63) is 47.3 Å². The lowest BCUT2D eigenvalue weighted by atomic mass is 10.1. The standard InChI is InChI=1S/C12H10F3N3O/c1-8-2-4-9(5-3-8)6-18-7-10(16-17-18)11(19)12(13,14)15/h2-5,7H,6H2,1H3. The van der Waals surface area contributed by atoms with Crippen molar-refractivity contribution in [3.8, 4) is 0 Å². The van der Waals surface area contributed by atoms with Crippen LogP contribution in [-0.2, 0) is 6.54 Å². The van der Waals surface area contributed by atoms with E-state index < -0.39 is 17.7 Å². The third-order valence-corrected chi connectivity index (χ3v) is 2.49. The van der Waals surface area contributed by atoms with Gasteiger partial charge in [-0.2, -0.15) is 13.2 Å². The zero-order chi connectivity index (χ0) is 14.0. The van der Waals surface area contributed by atoms with Gasteiger partial charge in [-0.05, 0) is 12.5 Å². The number of nitrogens with zero attached hydrogens (tertiary/aromatic N) is 3. The number of benzene rings is 1. The first-order valence-corrected chi connectivity index (χ1v) is 5.43. The van der Waals surface area contributed by atoms with Crippen LogP contribution in [0.1, 0.15) is 21.6 Å². The molecule has 0 radical (unpaired) electrons. The van der Waals surface area contributed by atoms with Crippen LogP contribution in [0.25, 0.3) is 0 Å². The van der Waals surface area contributed by atoms with E-state index >= 15 is 0 Å². The Kier molecular flexibility index (Phi) is 3.37. The smallest absolute Gasteiger partial charge is 0.282 e. The van der Waals surface area contributed by atoms with Gasteiger partial charge in [-0.15, -0.1) is 5.10 Å². The molecule has 7 heteroatoms. The van der Waals surface area contributed by atoms with Crippen molar-refractivity contribution in [1.82, 2.24) is 15.0 Å². The van der Waals surface area contributed by atoms with E-state index in [2.05, 4.69) is 10.3 Å². The van der Waals surface area contributed by atoms with Crippen molar-refractivity contribution in [3.63, 3.8) is 0 Å². The number of hydrogen-bond acceptors (Lipinski definition) is 3. The van der Waals surface area contributed by atoms with Crippen LogP contribution in [-0.4, -0.2) is 27.0 Å². The third kappa shape index (κ3) is 3.18. The molecule has 0 amide bonds. The van der Waals surface area contributed by atoms with Gasteiger partial charge in [-0.1, -0.05) is 35.0 Å². The average molecular weight is 269 g/mol. The normalized spacial score (nSPS) is 11.6. The van der Waals surface area contributed by atoms with E-state index in [1.54, 1.807) is 0 Å². The third-order valence-electron chi connectivity index (χ3n) is 2.49. The lowest BCUT2D eigenvalue weighted by molar-refractivity contribution is -0.0888. The molecular formula is C12H10F3N3O. The van der Waals surface area contributed by atoms with Crippen LogP contribution in [0.3, 0.4) is 0 Å². The van der Waals surface area contributed by atoms with Crippen LogP contribution >= 0.6 is 0 Å². The van der Waals surface area contributed by atoms with Crippen LogP contribution in [0.5, 0.6) is 0 Å². The number of Topliss-reactive ketones (excluding diaryl/α,β-unsaturated/α-hetero) is 1. The fourth-order valence-corrected chi connectivity index (χ4v) is 1.51. The van der Waals surface area contributed by atoms with E-state index in [1.807, 2.05) is 31.2 Å². The van der Waals surface area contributed by atoms with Gasteiger partial charge >= 0.3 is 6.18 Å². The van der Waals surface area contributed by atoms with E-state index in [0.29, 0.717) is 0 Å². The van der Waals surface area contributed by atoms with Crippen molar-refractivity contribution >= 4 is 5.78 Å². The number of alkyl halides is 3. The Morgan fingerprint density at radius 1 is 1.26 bits per heavy atom. The SMILES string of the molecule is Cc1ccc(Cn2cc(C(=O)C(F)(F)F)nn2)cc1. The Labute approximate surface area is 106 Å². The quantitative estimate of drug-likeness (QED) is 0.804. The zero-order valence-electron chi connectivity index (χ0n) is 9.98. The maximum Gasteiger partial charge on any atom is 0.456 e. The summed E-state index contributed by atoms with van der Waals surface area (Å²) in [5.41, 5.74) is 1.25. The highest BCUT2D eigenvalue weighted by Crippen LogP contribution is 2.20. The summed E-state index contributed by atoms with van der Waals surface area (Å²) in [4.78, 5) is 10.9. The van der Waals surface area contributed by atoms with Gasteiger partial charge < -0.3 is 0 Å². The highest BCUT2D eigenvalue weighted by Gasteiger charge is 2.41. The highest BCUT2D eigenvalue weighted by molar-refractivity contribution is 5.98. The van der Waals surface area contributed by atoms with Crippen LogP contribution in [0.15, 0.2) is 30.5 Å². The largest absolute Gasteiger partial charge is 0.456 e. The lowest BCUT2D eigenvalue weighted by Gasteiger charge is -2.01. The molecule has 1 aromatic heterocycles. The molecule has 0 aliphatic heterocycles. The number of aryl methyl sites for hydroxylation is 1. The van der Waals surface area contributed by atoms with Crippen LogP contribution < -0.4 is 0 Å². The van der Waals surface area contributed by atoms with Gasteiger partial charge in [-0.3, -0.25) is 4.79 Å². The Morgan fingerprint density at radius 3 is 2.47 bits per heavy atom. The minimum Gasteiger partial charge on any atom is -0.282 e. The topological polar surface area (TPSA) is 47.8 Å². The van der Waals surface area contributed by atoms with Gasteiger partial charge in [0.25, 0.3) is 5.78 Å². The molecule has 0 N–H and O–H groups in total. The Bertz CT molecular complexity index is 587. The predicted molar refractivity (Wildman–Crippen MR) is 60.7 cm³/mol. The lowest BCUT2D eigenvalue weighted by Crippen LogP contribution is -2.23. The number of carbonyl (C=O) groups is 1. The van der Waals surface area contributed by atoms with Crippen LogP contribution in [0.2, 0.25) is 0 Å². The second-order valence-corrected chi connectivity index (χ2v) is 4.11. The Hall–Kier alpha value is -2.18. The molecule has 4 nitrogen and oxygen atoms in total. The summed E-state index contributed by atoms with van der Waals surface area (Å²) in [6.07, 6.45) is -3.93. The second kappa shape index (κ2) is 4.83. The van der Waals surface area contributed by atoms with Crippen molar-refractivity contribution in [2.45, 2.75) is 19.6 Å².